The molecule has 1 aromatic heterocycles. The molecular weight excluding hydrogens is 411 g/mol. The van der Waals surface area contributed by atoms with Crippen LogP contribution in [-0.2, 0) is 9.53 Å². The zero-order chi connectivity index (χ0) is 21.7. The van der Waals surface area contributed by atoms with Crippen molar-refractivity contribution in [1.82, 2.24) is 9.78 Å². The number of allylic oxidation sites excluding steroid dienone is 1. The fourth-order valence-electron chi connectivity index (χ4n) is 2.63. The van der Waals surface area contributed by atoms with Crippen molar-refractivity contribution >= 4 is 29.4 Å². The molecule has 3 rings (SSSR count). The number of rotatable bonds is 7. The van der Waals surface area contributed by atoms with E-state index in [1.807, 2.05) is 0 Å². The highest BCUT2D eigenvalue weighted by Gasteiger charge is 2.13. The second-order valence-corrected chi connectivity index (χ2v) is 6.62. The van der Waals surface area contributed by atoms with Gasteiger partial charge in [-0.1, -0.05) is 11.6 Å². The summed E-state index contributed by atoms with van der Waals surface area (Å²) >= 11 is 6.42. The zero-order valence-corrected chi connectivity index (χ0v) is 17.0. The number of methoxy groups -OCH3 is 1. The van der Waals surface area contributed by atoms with Gasteiger partial charge in [-0.2, -0.15) is 5.10 Å². The normalized spacial score (nSPS) is 10.9. The van der Waals surface area contributed by atoms with Gasteiger partial charge in [0.25, 0.3) is 0 Å². The Balaban J connectivity index is 1.73. The van der Waals surface area contributed by atoms with Crippen molar-refractivity contribution in [1.29, 1.82) is 0 Å². The number of carbonyl (C=O) groups is 2. The first-order valence-electron chi connectivity index (χ1n) is 8.92. The molecule has 0 aliphatic rings. The first kappa shape index (κ1) is 21.3. The minimum Gasteiger partial charge on any atom is -0.482 e. The Morgan fingerprint density at radius 1 is 1.13 bits per heavy atom. The molecule has 0 bridgehead atoms. The van der Waals surface area contributed by atoms with Gasteiger partial charge in [0.1, 0.15) is 16.7 Å². The van der Waals surface area contributed by atoms with Crippen molar-refractivity contribution in [2.24, 2.45) is 0 Å². The van der Waals surface area contributed by atoms with Gasteiger partial charge in [-0.3, -0.25) is 4.79 Å². The van der Waals surface area contributed by atoms with Crippen molar-refractivity contribution in [2.45, 2.75) is 6.92 Å². The van der Waals surface area contributed by atoms with Gasteiger partial charge in [-0.25, -0.2) is 13.9 Å². The van der Waals surface area contributed by atoms with Gasteiger partial charge < -0.3 is 9.47 Å². The molecule has 8 heteroatoms. The van der Waals surface area contributed by atoms with Gasteiger partial charge in [0.15, 0.2) is 12.4 Å². The molecule has 0 fully saturated rings. The van der Waals surface area contributed by atoms with Gasteiger partial charge in [-0.15, -0.1) is 0 Å². The maximum absolute atomic E-state index is 13.1. The number of ketones is 1. The second kappa shape index (κ2) is 9.37. The van der Waals surface area contributed by atoms with E-state index >= 15 is 0 Å². The Morgan fingerprint density at radius 3 is 2.43 bits per heavy atom. The number of aromatic nitrogens is 2. The monoisotopic (exact) mass is 428 g/mol. The molecular formula is C22H18ClFN2O4. The molecule has 0 saturated heterocycles. The maximum Gasteiger partial charge on any atom is 0.343 e. The molecule has 0 amide bonds. The number of aryl methyl sites for hydroxylation is 1. The molecule has 0 atom stereocenters. The van der Waals surface area contributed by atoms with Crippen molar-refractivity contribution in [3.8, 4) is 11.4 Å². The first-order valence-corrected chi connectivity index (χ1v) is 9.30. The standard InChI is InChI=1S/C22H18ClFN2O4/c1-14-19(22(23)26(25-14)17-7-5-16(24)6-8-17)11-12-20(27)15-3-9-18(10-4-15)30-13-21(28)29-2/h3-12H,13H2,1-2H3. The maximum atomic E-state index is 13.1. The molecule has 30 heavy (non-hydrogen) atoms. The van der Waals surface area contributed by atoms with E-state index in [-0.39, 0.29) is 18.2 Å². The number of ether oxygens (including phenoxy) is 2. The minimum absolute atomic E-state index is 0.209. The third-order valence-electron chi connectivity index (χ3n) is 4.24. The van der Waals surface area contributed by atoms with Gasteiger partial charge in [-0.05, 0) is 67.6 Å². The molecule has 0 aliphatic carbocycles. The third kappa shape index (κ3) is 4.93. The van der Waals surface area contributed by atoms with Crippen LogP contribution in [0.2, 0.25) is 5.15 Å². The average Bonchev–Trinajstić information content (AvgIpc) is 3.04. The molecule has 0 saturated carbocycles. The van der Waals surface area contributed by atoms with Crippen LogP contribution in [0.1, 0.15) is 21.6 Å². The third-order valence-corrected chi connectivity index (χ3v) is 4.61. The van der Waals surface area contributed by atoms with E-state index in [1.165, 1.54) is 30.0 Å². The quantitative estimate of drug-likeness (QED) is 0.316. The van der Waals surface area contributed by atoms with E-state index in [2.05, 4.69) is 9.84 Å². The molecule has 154 valence electrons. The molecule has 0 spiro atoms. The fraction of sp³-hybridized carbons (Fsp3) is 0.136. The average molecular weight is 429 g/mol. The topological polar surface area (TPSA) is 70.4 Å². The fourth-order valence-corrected chi connectivity index (χ4v) is 2.96. The molecule has 1 heterocycles. The summed E-state index contributed by atoms with van der Waals surface area (Å²) in [4.78, 5) is 23.6. The molecule has 0 aliphatic heterocycles. The van der Waals surface area contributed by atoms with E-state index in [9.17, 15) is 14.0 Å². The number of halogens is 2. The number of esters is 1. The predicted octanol–water partition coefficient (Wildman–Crippen LogP) is 4.42. The lowest BCUT2D eigenvalue weighted by molar-refractivity contribution is -0.142. The lowest BCUT2D eigenvalue weighted by Crippen LogP contribution is -2.12. The molecule has 2 aromatic carbocycles. The smallest absolute Gasteiger partial charge is 0.343 e. The van der Waals surface area contributed by atoms with E-state index in [0.717, 1.165) is 0 Å². The van der Waals surface area contributed by atoms with Crippen LogP contribution >= 0.6 is 11.6 Å². The molecule has 0 unspecified atom stereocenters. The summed E-state index contributed by atoms with van der Waals surface area (Å²) in [5.74, 6) is -0.641. The Hall–Kier alpha value is -3.45. The van der Waals surface area contributed by atoms with Crippen LogP contribution in [0.4, 0.5) is 4.39 Å². The van der Waals surface area contributed by atoms with Gasteiger partial charge in [0, 0.05) is 11.1 Å². The van der Waals surface area contributed by atoms with E-state index in [4.69, 9.17) is 16.3 Å². The highest BCUT2D eigenvalue weighted by Crippen LogP contribution is 2.25. The summed E-state index contributed by atoms with van der Waals surface area (Å²) in [7, 11) is 1.27. The highest BCUT2D eigenvalue weighted by molar-refractivity contribution is 6.31. The summed E-state index contributed by atoms with van der Waals surface area (Å²) in [5.41, 5.74) is 2.27. The summed E-state index contributed by atoms with van der Waals surface area (Å²) in [6, 6.07) is 12.1. The number of hydrogen-bond acceptors (Lipinski definition) is 5. The van der Waals surface area contributed by atoms with Gasteiger partial charge in [0.05, 0.1) is 18.5 Å². The Labute approximate surface area is 177 Å². The van der Waals surface area contributed by atoms with Crippen LogP contribution in [0.3, 0.4) is 0 Å². The number of carbonyl (C=O) groups excluding carboxylic acids is 2. The molecule has 0 radical (unpaired) electrons. The van der Waals surface area contributed by atoms with Crippen LogP contribution in [0.25, 0.3) is 11.8 Å². The van der Waals surface area contributed by atoms with Gasteiger partial charge in [0.2, 0.25) is 0 Å². The number of benzene rings is 2. The van der Waals surface area contributed by atoms with Crippen molar-refractivity contribution in [3.05, 3.63) is 82.4 Å². The van der Waals surface area contributed by atoms with E-state index in [0.29, 0.717) is 33.4 Å². The Bertz CT molecular complexity index is 1090. The largest absolute Gasteiger partial charge is 0.482 e. The Morgan fingerprint density at radius 2 is 1.80 bits per heavy atom. The molecule has 3 aromatic rings. The van der Waals surface area contributed by atoms with E-state index in [1.54, 1.807) is 49.4 Å². The van der Waals surface area contributed by atoms with Crippen molar-refractivity contribution < 1.29 is 23.5 Å². The number of nitrogens with zero attached hydrogens (tertiary/aromatic N) is 2. The summed E-state index contributed by atoms with van der Waals surface area (Å²) in [6.45, 7) is 1.56. The van der Waals surface area contributed by atoms with Crippen LogP contribution in [0.5, 0.6) is 5.75 Å². The predicted molar refractivity (Wildman–Crippen MR) is 111 cm³/mol. The molecule has 0 N–H and O–H groups in total. The Kier molecular flexibility index (Phi) is 6.64. The van der Waals surface area contributed by atoms with Crippen molar-refractivity contribution in [3.63, 3.8) is 0 Å². The summed E-state index contributed by atoms with van der Waals surface area (Å²) in [5, 5.41) is 4.67. The summed E-state index contributed by atoms with van der Waals surface area (Å²) in [6.07, 6.45) is 2.99. The van der Waals surface area contributed by atoms with Gasteiger partial charge >= 0.3 is 5.97 Å². The summed E-state index contributed by atoms with van der Waals surface area (Å²) < 4.78 is 24.4. The van der Waals surface area contributed by atoms with Crippen LogP contribution in [0, 0.1) is 12.7 Å². The SMILES string of the molecule is COC(=O)COc1ccc(C(=O)C=Cc2c(C)nn(-c3ccc(F)cc3)c2Cl)cc1. The second-order valence-electron chi connectivity index (χ2n) is 6.26. The van der Waals surface area contributed by atoms with Crippen LogP contribution < -0.4 is 4.74 Å². The minimum atomic E-state index is -0.494. The first-order chi connectivity index (χ1) is 14.4. The van der Waals surface area contributed by atoms with Crippen LogP contribution in [0.15, 0.2) is 54.6 Å². The lowest BCUT2D eigenvalue weighted by atomic mass is 10.1. The van der Waals surface area contributed by atoms with E-state index < -0.39 is 5.97 Å². The highest BCUT2D eigenvalue weighted by atomic mass is 35.5. The zero-order valence-electron chi connectivity index (χ0n) is 16.3. The lowest BCUT2D eigenvalue weighted by Gasteiger charge is -2.05. The number of hydrogen-bond donors (Lipinski definition) is 0. The molecule has 6 nitrogen and oxygen atoms in total. The van der Waals surface area contributed by atoms with Crippen LogP contribution in [-0.4, -0.2) is 35.2 Å². The van der Waals surface area contributed by atoms with Crippen molar-refractivity contribution in [2.75, 3.05) is 13.7 Å².